The minimum Gasteiger partial charge on any atom is -0.364 e. The molecule has 5 N–H and O–H groups in total. The second kappa shape index (κ2) is 4.64. The van der Waals surface area contributed by atoms with Crippen molar-refractivity contribution in [2.24, 2.45) is 5.73 Å². The highest BCUT2D eigenvalue weighted by Gasteiger charge is 2.10. The van der Waals surface area contributed by atoms with Crippen LogP contribution in [0, 0.1) is 0 Å². The summed E-state index contributed by atoms with van der Waals surface area (Å²) in [6.07, 6.45) is 2.05. The lowest BCUT2D eigenvalue weighted by Crippen LogP contribution is -2.36. The minimum absolute atomic E-state index is 0.121. The van der Waals surface area contributed by atoms with E-state index in [1.807, 2.05) is 12.1 Å². The number of nitrogens with two attached hydrogens (primary N) is 1. The minimum atomic E-state index is -0.275. The van der Waals surface area contributed by atoms with Gasteiger partial charge in [-0.2, -0.15) is 0 Å². The van der Waals surface area contributed by atoms with Crippen molar-refractivity contribution in [2.45, 2.75) is 12.5 Å². The Kier molecular flexibility index (Phi) is 3.48. The molecule has 5 heteroatoms. The Morgan fingerprint density at radius 1 is 1.77 bits per heavy atom. The summed E-state index contributed by atoms with van der Waals surface area (Å²) in [5, 5.41) is 0. The molecule has 0 bridgehead atoms. The number of hydrazine groups is 1. The first-order valence-corrected chi connectivity index (χ1v) is 4.08. The topological polar surface area (TPSA) is 82.9 Å². The molecule has 0 spiro atoms. The first-order chi connectivity index (χ1) is 6.24. The second-order valence-corrected chi connectivity index (χ2v) is 2.73. The van der Waals surface area contributed by atoms with E-state index in [2.05, 4.69) is 15.8 Å². The van der Waals surface area contributed by atoms with Gasteiger partial charge < -0.3 is 10.7 Å². The van der Waals surface area contributed by atoms with E-state index in [9.17, 15) is 4.79 Å². The molecule has 1 aromatic heterocycles. The van der Waals surface area contributed by atoms with Crippen molar-refractivity contribution < 1.29 is 4.79 Å². The molecule has 0 aromatic carbocycles. The maximum Gasteiger partial charge on any atom is 0.236 e. The summed E-state index contributed by atoms with van der Waals surface area (Å²) in [6, 6.07) is 3.44. The van der Waals surface area contributed by atoms with Gasteiger partial charge in [0.15, 0.2) is 0 Å². The van der Waals surface area contributed by atoms with Gasteiger partial charge >= 0.3 is 0 Å². The molecule has 1 amide bonds. The largest absolute Gasteiger partial charge is 0.364 e. The molecule has 0 fully saturated rings. The van der Waals surface area contributed by atoms with Crippen molar-refractivity contribution in [1.82, 2.24) is 15.8 Å². The summed E-state index contributed by atoms with van der Waals surface area (Å²) in [4.78, 5) is 14.0. The highest BCUT2D eigenvalue weighted by Crippen LogP contribution is 2.10. The first-order valence-electron chi connectivity index (χ1n) is 4.08. The number of nitrogens with one attached hydrogen (secondary N) is 3. The molecule has 1 heterocycles. The van der Waals surface area contributed by atoms with Crippen molar-refractivity contribution in [1.29, 1.82) is 0 Å². The zero-order chi connectivity index (χ0) is 9.68. The van der Waals surface area contributed by atoms with Crippen molar-refractivity contribution >= 4 is 5.91 Å². The van der Waals surface area contributed by atoms with E-state index >= 15 is 0 Å². The highest BCUT2D eigenvalue weighted by atomic mass is 16.2. The monoisotopic (exact) mass is 182 g/mol. The van der Waals surface area contributed by atoms with Crippen LogP contribution in [0.4, 0.5) is 0 Å². The van der Waals surface area contributed by atoms with Gasteiger partial charge in [0.1, 0.15) is 0 Å². The Balaban J connectivity index is 2.42. The molecule has 1 atom stereocenters. The Hall–Kier alpha value is -1.33. The third-order valence-electron chi connectivity index (χ3n) is 1.69. The Labute approximate surface area is 76.7 Å². The molecule has 0 saturated heterocycles. The van der Waals surface area contributed by atoms with Crippen molar-refractivity contribution in [2.75, 3.05) is 7.05 Å². The maximum absolute atomic E-state index is 11.1. The van der Waals surface area contributed by atoms with E-state index in [-0.39, 0.29) is 18.4 Å². The lowest BCUT2D eigenvalue weighted by molar-refractivity contribution is -0.122. The molecule has 13 heavy (non-hydrogen) atoms. The summed E-state index contributed by atoms with van der Waals surface area (Å²) in [7, 11) is 1.64. The molecule has 1 rings (SSSR count). The molecule has 0 aliphatic heterocycles. The SMILES string of the molecule is CNNC(=O)CC(N)c1ccc[nH]1. The summed E-state index contributed by atoms with van der Waals surface area (Å²) < 4.78 is 0. The number of carbonyl (C=O) groups is 1. The summed E-state index contributed by atoms with van der Waals surface area (Å²) >= 11 is 0. The molecule has 0 aliphatic rings. The van der Waals surface area contributed by atoms with Crippen molar-refractivity contribution in [3.63, 3.8) is 0 Å². The summed E-state index contributed by atoms with van der Waals surface area (Å²) in [5.74, 6) is -0.121. The fourth-order valence-electron chi connectivity index (χ4n) is 1.08. The molecular weight excluding hydrogens is 168 g/mol. The predicted molar refractivity (Wildman–Crippen MR) is 49.5 cm³/mol. The molecule has 0 aliphatic carbocycles. The van der Waals surface area contributed by atoms with E-state index in [1.165, 1.54) is 0 Å². The van der Waals surface area contributed by atoms with Crippen LogP contribution in [-0.2, 0) is 4.79 Å². The van der Waals surface area contributed by atoms with Gasteiger partial charge in [0, 0.05) is 25.4 Å². The van der Waals surface area contributed by atoms with Gasteiger partial charge in [-0.15, -0.1) is 0 Å². The smallest absolute Gasteiger partial charge is 0.236 e. The molecule has 0 saturated carbocycles. The lowest BCUT2D eigenvalue weighted by atomic mass is 10.1. The van der Waals surface area contributed by atoms with Gasteiger partial charge in [0.2, 0.25) is 5.91 Å². The van der Waals surface area contributed by atoms with Gasteiger partial charge in [0.05, 0.1) is 6.04 Å². The molecule has 1 unspecified atom stereocenters. The Morgan fingerprint density at radius 3 is 3.08 bits per heavy atom. The molecule has 1 aromatic rings. The van der Waals surface area contributed by atoms with Crippen LogP contribution in [0.25, 0.3) is 0 Å². The van der Waals surface area contributed by atoms with E-state index in [0.29, 0.717) is 0 Å². The van der Waals surface area contributed by atoms with Crippen molar-refractivity contribution in [3.8, 4) is 0 Å². The predicted octanol–water partition coefficient (Wildman–Crippen LogP) is -0.345. The number of amides is 1. The zero-order valence-corrected chi connectivity index (χ0v) is 7.50. The van der Waals surface area contributed by atoms with E-state index in [4.69, 9.17) is 5.73 Å². The number of hydrogen-bond acceptors (Lipinski definition) is 3. The maximum atomic E-state index is 11.1. The second-order valence-electron chi connectivity index (χ2n) is 2.73. The van der Waals surface area contributed by atoms with Gasteiger partial charge in [-0.05, 0) is 12.1 Å². The first kappa shape index (κ1) is 9.76. The van der Waals surface area contributed by atoms with Crippen molar-refractivity contribution in [3.05, 3.63) is 24.0 Å². The standard InChI is InChI=1S/C8H14N4O/c1-10-12-8(13)5-6(9)7-3-2-4-11-7/h2-4,6,10-11H,5,9H2,1H3,(H,12,13). The number of aromatic amines is 1. The average Bonchev–Trinajstić information content (AvgIpc) is 2.55. The number of aromatic nitrogens is 1. The number of rotatable bonds is 4. The van der Waals surface area contributed by atoms with Crippen LogP contribution in [0.3, 0.4) is 0 Å². The number of hydrogen-bond donors (Lipinski definition) is 4. The third-order valence-corrected chi connectivity index (χ3v) is 1.69. The Bertz CT molecular complexity index is 257. The zero-order valence-electron chi connectivity index (χ0n) is 7.50. The molecular formula is C8H14N4O. The molecule has 0 radical (unpaired) electrons. The Morgan fingerprint density at radius 2 is 2.54 bits per heavy atom. The fourth-order valence-corrected chi connectivity index (χ4v) is 1.08. The van der Waals surface area contributed by atoms with Crippen LogP contribution >= 0.6 is 0 Å². The summed E-state index contributed by atoms with van der Waals surface area (Å²) in [5.41, 5.74) is 11.6. The third kappa shape index (κ3) is 2.89. The van der Waals surface area contributed by atoms with Gasteiger partial charge in [-0.25, -0.2) is 5.43 Å². The average molecular weight is 182 g/mol. The molecule has 5 nitrogen and oxygen atoms in total. The van der Waals surface area contributed by atoms with Crippen LogP contribution in [0.1, 0.15) is 18.2 Å². The van der Waals surface area contributed by atoms with E-state index < -0.39 is 0 Å². The molecule has 72 valence electrons. The van der Waals surface area contributed by atoms with E-state index in [1.54, 1.807) is 13.2 Å². The van der Waals surface area contributed by atoms with Gasteiger partial charge in [0.25, 0.3) is 0 Å². The number of carbonyl (C=O) groups excluding carboxylic acids is 1. The van der Waals surface area contributed by atoms with Crippen LogP contribution in [0.15, 0.2) is 18.3 Å². The normalized spacial score (nSPS) is 12.5. The van der Waals surface area contributed by atoms with E-state index in [0.717, 1.165) is 5.69 Å². The fraction of sp³-hybridized carbons (Fsp3) is 0.375. The summed E-state index contributed by atoms with van der Waals surface area (Å²) in [6.45, 7) is 0. The van der Waals surface area contributed by atoms with Gasteiger partial charge in [-0.3, -0.25) is 10.2 Å². The van der Waals surface area contributed by atoms with Gasteiger partial charge in [-0.1, -0.05) is 0 Å². The van der Waals surface area contributed by atoms with Crippen LogP contribution in [0.5, 0.6) is 0 Å². The van der Waals surface area contributed by atoms with Crippen LogP contribution in [0.2, 0.25) is 0 Å². The number of H-pyrrole nitrogens is 1. The lowest BCUT2D eigenvalue weighted by Gasteiger charge is -2.09. The highest BCUT2D eigenvalue weighted by molar-refractivity contribution is 5.76. The quantitative estimate of drug-likeness (QED) is 0.480. The van der Waals surface area contributed by atoms with Crippen LogP contribution < -0.4 is 16.6 Å². The van der Waals surface area contributed by atoms with Crippen LogP contribution in [-0.4, -0.2) is 17.9 Å².